The lowest BCUT2D eigenvalue weighted by Crippen LogP contribution is -2.13. The molecule has 0 saturated heterocycles. The molecule has 100 valence electrons. The van der Waals surface area contributed by atoms with Crippen molar-refractivity contribution < 1.29 is 4.79 Å². The van der Waals surface area contributed by atoms with Crippen molar-refractivity contribution in [2.45, 2.75) is 6.92 Å². The minimum atomic E-state index is -0.161. The Labute approximate surface area is 121 Å². The predicted molar refractivity (Wildman–Crippen MR) is 82.4 cm³/mol. The molecule has 0 unspecified atom stereocenters. The van der Waals surface area contributed by atoms with Gasteiger partial charge in [0.15, 0.2) is 0 Å². The number of fused-ring (bicyclic) bond motifs is 1. The zero-order valence-corrected chi connectivity index (χ0v) is 11.7. The second kappa shape index (κ2) is 5.02. The van der Waals surface area contributed by atoms with Gasteiger partial charge in [-0.2, -0.15) is 0 Å². The number of halogens is 1. The summed E-state index contributed by atoms with van der Waals surface area (Å²) < 4.78 is 0. The number of rotatable bonds is 2. The van der Waals surface area contributed by atoms with E-state index in [0.29, 0.717) is 10.7 Å². The molecule has 2 aromatic carbocycles. The molecule has 3 nitrogen and oxygen atoms in total. The first-order valence-corrected chi connectivity index (χ1v) is 6.66. The van der Waals surface area contributed by atoms with E-state index in [9.17, 15) is 4.79 Å². The Morgan fingerprint density at radius 2 is 1.95 bits per heavy atom. The summed E-state index contributed by atoms with van der Waals surface area (Å²) in [5, 5.41) is 4.56. The molecule has 0 aliphatic heterocycles. The van der Waals surface area contributed by atoms with E-state index in [1.54, 1.807) is 12.1 Å². The van der Waals surface area contributed by atoms with Gasteiger partial charge >= 0.3 is 0 Å². The second-order valence-electron chi connectivity index (χ2n) is 4.68. The fourth-order valence-electron chi connectivity index (χ4n) is 2.15. The molecule has 1 amide bonds. The zero-order chi connectivity index (χ0) is 14.1. The molecule has 0 saturated carbocycles. The van der Waals surface area contributed by atoms with Gasteiger partial charge in [-0.05, 0) is 42.8 Å². The summed E-state index contributed by atoms with van der Waals surface area (Å²) in [5.41, 5.74) is 3.19. The number of carbonyl (C=O) groups is 1. The molecule has 3 aromatic rings. The maximum atomic E-state index is 12.2. The summed E-state index contributed by atoms with van der Waals surface area (Å²) in [7, 11) is 0. The number of anilines is 1. The molecule has 1 heterocycles. The average molecular weight is 285 g/mol. The normalized spacial score (nSPS) is 10.7. The molecular weight excluding hydrogens is 272 g/mol. The number of hydrogen-bond acceptors (Lipinski definition) is 1. The van der Waals surface area contributed by atoms with Crippen molar-refractivity contribution in [3.63, 3.8) is 0 Å². The molecule has 20 heavy (non-hydrogen) atoms. The van der Waals surface area contributed by atoms with Crippen molar-refractivity contribution in [3.05, 3.63) is 64.8 Å². The molecule has 4 heteroatoms. The lowest BCUT2D eigenvalue weighted by Gasteiger charge is -2.07. The maximum absolute atomic E-state index is 12.2. The van der Waals surface area contributed by atoms with E-state index in [1.165, 1.54) is 0 Å². The van der Waals surface area contributed by atoms with Crippen LogP contribution in [0.1, 0.15) is 16.1 Å². The number of amides is 1. The summed E-state index contributed by atoms with van der Waals surface area (Å²) >= 11 is 5.91. The highest BCUT2D eigenvalue weighted by molar-refractivity contribution is 6.30. The van der Waals surface area contributed by atoms with Gasteiger partial charge < -0.3 is 10.3 Å². The molecule has 2 N–H and O–H groups in total. The van der Waals surface area contributed by atoms with Gasteiger partial charge in [0.2, 0.25) is 0 Å². The van der Waals surface area contributed by atoms with Gasteiger partial charge in [-0.3, -0.25) is 4.79 Å². The van der Waals surface area contributed by atoms with Gasteiger partial charge in [-0.1, -0.05) is 29.8 Å². The number of aromatic nitrogens is 1. The third-order valence-electron chi connectivity index (χ3n) is 3.21. The monoisotopic (exact) mass is 284 g/mol. The van der Waals surface area contributed by atoms with Crippen LogP contribution in [-0.2, 0) is 0 Å². The lowest BCUT2D eigenvalue weighted by atomic mass is 10.2. The first-order valence-electron chi connectivity index (χ1n) is 6.29. The van der Waals surface area contributed by atoms with Crippen LogP contribution in [0.25, 0.3) is 10.9 Å². The van der Waals surface area contributed by atoms with E-state index in [1.807, 2.05) is 43.3 Å². The number of H-pyrrole nitrogens is 1. The Kier molecular flexibility index (Phi) is 3.20. The number of aromatic amines is 1. The highest BCUT2D eigenvalue weighted by atomic mass is 35.5. The number of benzene rings is 2. The van der Waals surface area contributed by atoms with Crippen LogP contribution in [0.2, 0.25) is 5.02 Å². The fraction of sp³-hybridized carbons (Fsp3) is 0.0625. The van der Waals surface area contributed by atoms with Crippen molar-refractivity contribution in [1.82, 2.24) is 4.98 Å². The third-order valence-corrected chi connectivity index (χ3v) is 3.45. The zero-order valence-electron chi connectivity index (χ0n) is 10.9. The Bertz CT molecular complexity index is 759. The number of para-hydroxylation sites is 1. The minimum Gasteiger partial charge on any atom is -0.351 e. The van der Waals surface area contributed by atoms with Crippen molar-refractivity contribution in [2.24, 2.45) is 0 Å². The van der Waals surface area contributed by atoms with E-state index >= 15 is 0 Å². The SMILES string of the molecule is Cc1cc(Cl)ccc1NC(=O)c1cc2ccccc2[nH]1. The number of hydrogen-bond donors (Lipinski definition) is 2. The van der Waals surface area contributed by atoms with Gasteiger partial charge in [0.25, 0.3) is 5.91 Å². The summed E-state index contributed by atoms with van der Waals surface area (Å²) in [6, 6.07) is 15.0. The van der Waals surface area contributed by atoms with Crippen molar-refractivity contribution in [2.75, 3.05) is 5.32 Å². The maximum Gasteiger partial charge on any atom is 0.272 e. The standard InChI is InChI=1S/C16H13ClN2O/c1-10-8-12(17)6-7-13(10)19-16(20)15-9-11-4-2-3-5-14(11)18-15/h2-9,18H,1H3,(H,19,20). The topological polar surface area (TPSA) is 44.9 Å². The van der Waals surface area contributed by atoms with Crippen LogP contribution in [0.15, 0.2) is 48.5 Å². The van der Waals surface area contributed by atoms with Crippen LogP contribution in [0.5, 0.6) is 0 Å². The van der Waals surface area contributed by atoms with Crippen molar-refractivity contribution in [3.8, 4) is 0 Å². The third kappa shape index (κ3) is 2.40. The molecule has 0 radical (unpaired) electrons. The van der Waals surface area contributed by atoms with Crippen LogP contribution in [0.3, 0.4) is 0 Å². The number of nitrogens with one attached hydrogen (secondary N) is 2. The second-order valence-corrected chi connectivity index (χ2v) is 5.12. The number of carbonyl (C=O) groups excluding carboxylic acids is 1. The van der Waals surface area contributed by atoms with Crippen LogP contribution in [0.4, 0.5) is 5.69 Å². The molecule has 0 aliphatic carbocycles. The van der Waals surface area contributed by atoms with E-state index in [-0.39, 0.29) is 5.91 Å². The summed E-state index contributed by atoms with van der Waals surface area (Å²) in [4.78, 5) is 15.4. The molecule has 0 spiro atoms. The molecule has 0 fully saturated rings. The van der Waals surface area contributed by atoms with Gasteiger partial charge in [0, 0.05) is 21.6 Å². The van der Waals surface area contributed by atoms with E-state index in [0.717, 1.165) is 22.2 Å². The Morgan fingerprint density at radius 3 is 2.70 bits per heavy atom. The molecule has 0 bridgehead atoms. The predicted octanol–water partition coefficient (Wildman–Crippen LogP) is 4.38. The van der Waals surface area contributed by atoms with Crippen LogP contribution >= 0.6 is 11.6 Å². The molecule has 0 atom stereocenters. The minimum absolute atomic E-state index is 0.161. The lowest BCUT2D eigenvalue weighted by molar-refractivity contribution is 0.102. The first kappa shape index (κ1) is 12.8. The van der Waals surface area contributed by atoms with Crippen LogP contribution in [-0.4, -0.2) is 10.9 Å². The molecular formula is C16H13ClN2O. The van der Waals surface area contributed by atoms with Gasteiger partial charge in [0.1, 0.15) is 5.69 Å². The smallest absolute Gasteiger partial charge is 0.272 e. The fourth-order valence-corrected chi connectivity index (χ4v) is 2.38. The Balaban J connectivity index is 1.89. The van der Waals surface area contributed by atoms with Gasteiger partial charge in [-0.15, -0.1) is 0 Å². The van der Waals surface area contributed by atoms with Crippen LogP contribution < -0.4 is 5.32 Å². The average Bonchev–Trinajstić information content (AvgIpc) is 2.86. The van der Waals surface area contributed by atoms with E-state index in [4.69, 9.17) is 11.6 Å². The Hall–Kier alpha value is -2.26. The highest BCUT2D eigenvalue weighted by Gasteiger charge is 2.10. The van der Waals surface area contributed by atoms with E-state index in [2.05, 4.69) is 10.3 Å². The van der Waals surface area contributed by atoms with E-state index < -0.39 is 0 Å². The van der Waals surface area contributed by atoms with Gasteiger partial charge in [0.05, 0.1) is 0 Å². The summed E-state index contributed by atoms with van der Waals surface area (Å²) in [5.74, 6) is -0.161. The largest absolute Gasteiger partial charge is 0.351 e. The molecule has 0 aliphatic rings. The van der Waals surface area contributed by atoms with Gasteiger partial charge in [-0.25, -0.2) is 0 Å². The van der Waals surface area contributed by atoms with Crippen LogP contribution in [0, 0.1) is 6.92 Å². The Morgan fingerprint density at radius 1 is 1.15 bits per heavy atom. The molecule has 3 rings (SSSR count). The van der Waals surface area contributed by atoms with Crippen molar-refractivity contribution in [1.29, 1.82) is 0 Å². The number of aryl methyl sites for hydroxylation is 1. The summed E-state index contributed by atoms with van der Waals surface area (Å²) in [6.07, 6.45) is 0. The van der Waals surface area contributed by atoms with Crippen molar-refractivity contribution >= 4 is 34.1 Å². The quantitative estimate of drug-likeness (QED) is 0.720. The highest BCUT2D eigenvalue weighted by Crippen LogP contribution is 2.21. The summed E-state index contributed by atoms with van der Waals surface area (Å²) in [6.45, 7) is 1.91. The first-order chi connectivity index (χ1) is 9.63. The molecule has 1 aromatic heterocycles.